The van der Waals surface area contributed by atoms with Crippen LogP contribution in [-0.2, 0) is 16.1 Å². The lowest BCUT2D eigenvalue weighted by atomic mass is 10.2. The lowest BCUT2D eigenvalue weighted by Crippen LogP contribution is -2.30. The molecular weight excluding hydrogens is 376 g/mol. The summed E-state index contributed by atoms with van der Waals surface area (Å²) >= 11 is 0. The van der Waals surface area contributed by atoms with Gasteiger partial charge in [-0.05, 0) is 42.7 Å². The highest BCUT2D eigenvalue weighted by Gasteiger charge is 2.17. The molecule has 0 spiro atoms. The molecule has 1 atom stereocenters. The fourth-order valence-corrected chi connectivity index (χ4v) is 2.97. The van der Waals surface area contributed by atoms with Crippen LogP contribution in [0.15, 0.2) is 41.0 Å². The molecule has 1 unspecified atom stereocenters. The molecule has 2 amide bonds. The first-order chi connectivity index (χ1) is 14.2. The molecule has 2 heterocycles. The number of nitrogens with one attached hydrogen (secondary N) is 2. The van der Waals surface area contributed by atoms with Gasteiger partial charge in [0.2, 0.25) is 5.91 Å². The van der Waals surface area contributed by atoms with E-state index in [4.69, 9.17) is 18.6 Å². The van der Waals surface area contributed by atoms with Gasteiger partial charge in [0.15, 0.2) is 17.3 Å². The van der Waals surface area contributed by atoms with Crippen molar-refractivity contribution in [3.05, 3.63) is 47.9 Å². The zero-order valence-electron chi connectivity index (χ0n) is 16.4. The second kappa shape index (κ2) is 10.5. The van der Waals surface area contributed by atoms with E-state index in [1.165, 1.54) is 6.26 Å². The minimum absolute atomic E-state index is 0.131. The molecule has 1 aromatic carbocycles. The summed E-state index contributed by atoms with van der Waals surface area (Å²) in [5.74, 6) is 0.979. The Hall–Kier alpha value is -3.00. The maximum absolute atomic E-state index is 12.0. The van der Waals surface area contributed by atoms with Crippen molar-refractivity contribution in [3.8, 4) is 11.5 Å². The van der Waals surface area contributed by atoms with Crippen molar-refractivity contribution in [1.82, 2.24) is 10.6 Å². The highest BCUT2D eigenvalue weighted by molar-refractivity contribution is 5.91. The van der Waals surface area contributed by atoms with Crippen molar-refractivity contribution < 1.29 is 28.2 Å². The van der Waals surface area contributed by atoms with E-state index in [2.05, 4.69) is 10.6 Å². The number of methoxy groups -OCH3 is 1. The van der Waals surface area contributed by atoms with E-state index in [9.17, 15) is 9.59 Å². The summed E-state index contributed by atoms with van der Waals surface area (Å²) in [5.41, 5.74) is 0.888. The second-order valence-electron chi connectivity index (χ2n) is 6.69. The maximum Gasteiger partial charge on any atom is 0.286 e. The van der Waals surface area contributed by atoms with Crippen molar-refractivity contribution in [1.29, 1.82) is 0 Å². The SMILES string of the molecule is COc1cc(CNC(=O)CCNC(=O)c2ccco2)ccc1OCC1CCCO1. The topological polar surface area (TPSA) is 99.0 Å². The second-order valence-corrected chi connectivity index (χ2v) is 6.69. The van der Waals surface area contributed by atoms with Crippen LogP contribution in [0, 0.1) is 0 Å². The third-order valence-corrected chi connectivity index (χ3v) is 4.55. The van der Waals surface area contributed by atoms with Gasteiger partial charge in [-0.1, -0.05) is 6.07 Å². The van der Waals surface area contributed by atoms with Gasteiger partial charge >= 0.3 is 0 Å². The minimum atomic E-state index is -0.342. The van der Waals surface area contributed by atoms with E-state index in [1.54, 1.807) is 19.2 Å². The predicted molar refractivity (Wildman–Crippen MR) is 105 cm³/mol. The van der Waals surface area contributed by atoms with Gasteiger partial charge in [-0.2, -0.15) is 0 Å². The van der Waals surface area contributed by atoms with E-state index in [0.29, 0.717) is 24.7 Å². The molecule has 8 heteroatoms. The smallest absolute Gasteiger partial charge is 0.286 e. The lowest BCUT2D eigenvalue weighted by Gasteiger charge is -2.15. The number of hydrogen-bond donors (Lipinski definition) is 2. The molecule has 156 valence electrons. The quantitative estimate of drug-likeness (QED) is 0.633. The van der Waals surface area contributed by atoms with Gasteiger partial charge in [0, 0.05) is 26.1 Å². The summed E-state index contributed by atoms with van der Waals surface area (Å²) in [6.45, 7) is 1.87. The first-order valence-electron chi connectivity index (χ1n) is 9.65. The molecule has 2 N–H and O–H groups in total. The molecule has 1 aliphatic heterocycles. The molecule has 0 aliphatic carbocycles. The van der Waals surface area contributed by atoms with Gasteiger partial charge in [-0.3, -0.25) is 9.59 Å². The Morgan fingerprint density at radius 2 is 2.10 bits per heavy atom. The van der Waals surface area contributed by atoms with Gasteiger partial charge in [0.25, 0.3) is 5.91 Å². The molecule has 8 nitrogen and oxygen atoms in total. The Bertz CT molecular complexity index is 800. The first kappa shape index (κ1) is 20.7. The number of benzene rings is 1. The largest absolute Gasteiger partial charge is 0.493 e. The summed E-state index contributed by atoms with van der Waals surface area (Å²) in [6.07, 6.45) is 3.80. The van der Waals surface area contributed by atoms with Crippen molar-refractivity contribution >= 4 is 11.8 Å². The van der Waals surface area contributed by atoms with Gasteiger partial charge < -0.3 is 29.3 Å². The van der Waals surface area contributed by atoms with E-state index in [-0.39, 0.29) is 36.6 Å². The van der Waals surface area contributed by atoms with Gasteiger partial charge in [0.1, 0.15) is 6.61 Å². The van der Waals surface area contributed by atoms with Crippen LogP contribution in [0.25, 0.3) is 0 Å². The average molecular weight is 402 g/mol. The van der Waals surface area contributed by atoms with E-state index in [1.807, 2.05) is 18.2 Å². The summed E-state index contributed by atoms with van der Waals surface area (Å²) in [5, 5.41) is 5.46. The van der Waals surface area contributed by atoms with Crippen molar-refractivity contribution in [2.24, 2.45) is 0 Å². The molecule has 3 rings (SSSR count). The molecule has 1 saturated heterocycles. The van der Waals surface area contributed by atoms with Crippen LogP contribution >= 0.6 is 0 Å². The third-order valence-electron chi connectivity index (χ3n) is 4.55. The van der Waals surface area contributed by atoms with Gasteiger partial charge in [-0.25, -0.2) is 0 Å². The molecule has 2 aromatic rings. The Balaban J connectivity index is 1.40. The van der Waals surface area contributed by atoms with Crippen LogP contribution in [-0.4, -0.2) is 44.8 Å². The molecule has 0 saturated carbocycles. The van der Waals surface area contributed by atoms with Crippen LogP contribution in [0.4, 0.5) is 0 Å². The summed E-state index contributed by atoms with van der Waals surface area (Å²) in [6, 6.07) is 8.75. The Labute approximate surface area is 169 Å². The molecule has 1 fully saturated rings. The first-order valence-corrected chi connectivity index (χ1v) is 9.65. The predicted octanol–water partition coefficient (Wildman–Crippen LogP) is 2.28. The minimum Gasteiger partial charge on any atom is -0.493 e. The number of hydrogen-bond acceptors (Lipinski definition) is 6. The highest BCUT2D eigenvalue weighted by Crippen LogP contribution is 2.29. The summed E-state index contributed by atoms with van der Waals surface area (Å²) in [7, 11) is 1.58. The number of amides is 2. The van der Waals surface area contributed by atoms with E-state index in [0.717, 1.165) is 25.0 Å². The number of ether oxygens (including phenoxy) is 3. The fraction of sp³-hybridized carbons (Fsp3) is 0.429. The molecule has 0 bridgehead atoms. The van der Waals surface area contributed by atoms with E-state index >= 15 is 0 Å². The third kappa shape index (κ3) is 6.25. The number of rotatable bonds is 10. The van der Waals surface area contributed by atoms with Crippen molar-refractivity contribution in [3.63, 3.8) is 0 Å². The van der Waals surface area contributed by atoms with Crippen molar-refractivity contribution in [2.75, 3.05) is 26.9 Å². The van der Waals surface area contributed by atoms with E-state index < -0.39 is 0 Å². The monoisotopic (exact) mass is 402 g/mol. The van der Waals surface area contributed by atoms with Crippen molar-refractivity contribution in [2.45, 2.75) is 31.9 Å². The molecule has 0 radical (unpaired) electrons. The normalized spacial score (nSPS) is 15.7. The van der Waals surface area contributed by atoms with Crippen LogP contribution < -0.4 is 20.1 Å². The Kier molecular flexibility index (Phi) is 7.52. The zero-order valence-corrected chi connectivity index (χ0v) is 16.4. The Morgan fingerprint density at radius 3 is 2.83 bits per heavy atom. The zero-order chi connectivity index (χ0) is 20.5. The van der Waals surface area contributed by atoms with Crippen LogP contribution in [0.5, 0.6) is 11.5 Å². The Morgan fingerprint density at radius 1 is 1.21 bits per heavy atom. The lowest BCUT2D eigenvalue weighted by molar-refractivity contribution is -0.121. The van der Waals surface area contributed by atoms with Crippen LogP contribution in [0.3, 0.4) is 0 Å². The maximum atomic E-state index is 12.0. The van der Waals surface area contributed by atoms with Crippen LogP contribution in [0.1, 0.15) is 35.4 Å². The van der Waals surface area contributed by atoms with Crippen LogP contribution in [0.2, 0.25) is 0 Å². The number of carbonyl (C=O) groups is 2. The highest BCUT2D eigenvalue weighted by atomic mass is 16.5. The summed E-state index contributed by atoms with van der Waals surface area (Å²) < 4.78 is 21.8. The number of carbonyl (C=O) groups excluding carboxylic acids is 2. The summed E-state index contributed by atoms with van der Waals surface area (Å²) in [4.78, 5) is 23.7. The molecular formula is C21H26N2O6. The standard InChI is InChI=1S/C21H26N2O6/c1-26-19-12-15(6-7-17(19)29-14-16-4-2-10-27-16)13-23-20(24)8-9-22-21(25)18-5-3-11-28-18/h3,5-7,11-12,16H,2,4,8-10,13-14H2,1H3,(H,22,25)(H,23,24). The van der Waals surface area contributed by atoms with Gasteiger partial charge in [0.05, 0.1) is 19.5 Å². The average Bonchev–Trinajstić information content (AvgIpc) is 3.45. The number of furan rings is 1. The fourth-order valence-electron chi connectivity index (χ4n) is 2.97. The van der Waals surface area contributed by atoms with Gasteiger partial charge in [-0.15, -0.1) is 0 Å². The molecule has 1 aromatic heterocycles. The molecule has 29 heavy (non-hydrogen) atoms. The molecule has 1 aliphatic rings.